The van der Waals surface area contributed by atoms with E-state index in [9.17, 15) is 20.1 Å². The average molecular weight is 208 g/mol. The zero-order valence-electron chi connectivity index (χ0n) is 7.48. The van der Waals surface area contributed by atoms with E-state index in [2.05, 4.69) is 4.98 Å². The number of nitrogens with one attached hydrogen (secondary N) is 1. The number of nitrogen functional groups attached to an aromatic ring is 1. The number of aromatic nitrogens is 1. The highest BCUT2D eigenvalue weighted by Gasteiger charge is 2.14. The van der Waals surface area contributed by atoms with Crippen LogP contribution in [-0.2, 0) is 0 Å². The van der Waals surface area contributed by atoms with Crippen molar-refractivity contribution in [1.29, 1.82) is 0 Å². The van der Waals surface area contributed by atoms with Crippen molar-refractivity contribution in [1.82, 2.24) is 4.98 Å². The third-order valence-corrected chi connectivity index (χ3v) is 2.12. The van der Waals surface area contributed by atoms with E-state index >= 15 is 0 Å². The van der Waals surface area contributed by atoms with E-state index in [1.807, 2.05) is 0 Å². The van der Waals surface area contributed by atoms with Gasteiger partial charge in [-0.15, -0.1) is 0 Å². The molecule has 2 aromatic rings. The van der Waals surface area contributed by atoms with Gasteiger partial charge in [-0.25, -0.2) is 0 Å². The second-order valence-corrected chi connectivity index (χ2v) is 3.07. The normalized spacial score (nSPS) is 10.7. The number of H-pyrrole nitrogens is 1. The molecular formula is C9H8N2O4. The Kier molecular flexibility index (Phi) is 1.72. The summed E-state index contributed by atoms with van der Waals surface area (Å²) in [4.78, 5) is 14.0. The number of anilines is 1. The summed E-state index contributed by atoms with van der Waals surface area (Å²) in [7, 11) is 0. The Labute approximate surface area is 83.2 Å². The fraction of sp³-hybridized carbons (Fsp3) is 0. The molecule has 1 aromatic heterocycles. The molecule has 78 valence electrons. The molecule has 2 rings (SSSR count). The molecule has 0 fully saturated rings. The fourth-order valence-electron chi connectivity index (χ4n) is 1.36. The first-order valence-corrected chi connectivity index (χ1v) is 4.07. The molecule has 0 atom stereocenters. The van der Waals surface area contributed by atoms with E-state index < -0.39 is 22.7 Å². The molecule has 6 nitrogen and oxygen atoms in total. The number of benzene rings is 1. The quantitative estimate of drug-likeness (QED) is 0.397. The SMILES string of the molecule is Nc1[nH]c2ccc(O)c(O)c2c(=O)c1O. The van der Waals surface area contributed by atoms with Gasteiger partial charge < -0.3 is 26.0 Å². The van der Waals surface area contributed by atoms with Gasteiger partial charge in [0, 0.05) is 0 Å². The minimum absolute atomic E-state index is 0.183. The van der Waals surface area contributed by atoms with Crippen LogP contribution in [0, 0.1) is 0 Å². The number of hydrogen-bond donors (Lipinski definition) is 5. The second-order valence-electron chi connectivity index (χ2n) is 3.07. The zero-order valence-corrected chi connectivity index (χ0v) is 7.48. The van der Waals surface area contributed by atoms with Crippen molar-refractivity contribution in [3.63, 3.8) is 0 Å². The van der Waals surface area contributed by atoms with Crippen molar-refractivity contribution >= 4 is 16.7 Å². The Morgan fingerprint density at radius 3 is 2.47 bits per heavy atom. The summed E-state index contributed by atoms with van der Waals surface area (Å²) < 4.78 is 0. The molecule has 0 unspecified atom stereocenters. The standard InChI is InChI=1S/C9H8N2O4/c10-9-8(15)7(14)5-3(11-9)1-2-4(12)6(5)13/h1-2,12-13,15H,(H3,10,11,14). The molecule has 1 heterocycles. The van der Waals surface area contributed by atoms with E-state index in [1.165, 1.54) is 12.1 Å². The molecule has 0 amide bonds. The highest BCUT2D eigenvalue weighted by atomic mass is 16.3. The summed E-state index contributed by atoms with van der Waals surface area (Å²) in [5, 5.41) is 27.7. The highest BCUT2D eigenvalue weighted by Crippen LogP contribution is 2.32. The van der Waals surface area contributed by atoms with E-state index in [0.29, 0.717) is 0 Å². The minimum atomic E-state index is -0.824. The van der Waals surface area contributed by atoms with Gasteiger partial charge in [-0.1, -0.05) is 0 Å². The van der Waals surface area contributed by atoms with E-state index in [4.69, 9.17) is 5.73 Å². The van der Waals surface area contributed by atoms with Gasteiger partial charge in [0.2, 0.25) is 11.2 Å². The second kappa shape index (κ2) is 2.81. The molecule has 0 saturated heterocycles. The molecule has 1 aromatic carbocycles. The van der Waals surface area contributed by atoms with Crippen LogP contribution in [0.5, 0.6) is 17.2 Å². The van der Waals surface area contributed by atoms with Crippen molar-refractivity contribution in [2.45, 2.75) is 0 Å². The molecule has 0 aliphatic carbocycles. The fourth-order valence-corrected chi connectivity index (χ4v) is 1.36. The van der Waals surface area contributed by atoms with Gasteiger partial charge in [0.15, 0.2) is 11.5 Å². The van der Waals surface area contributed by atoms with Crippen LogP contribution < -0.4 is 11.2 Å². The third-order valence-electron chi connectivity index (χ3n) is 2.12. The molecule has 0 spiro atoms. The first kappa shape index (κ1) is 9.20. The van der Waals surface area contributed by atoms with Crippen molar-refractivity contribution in [2.24, 2.45) is 0 Å². The number of fused-ring (bicyclic) bond motifs is 1. The molecule has 0 radical (unpaired) electrons. The number of aromatic amines is 1. The predicted octanol–water partition coefficient (Wildman–Crippen LogP) is 0.227. The Morgan fingerprint density at radius 1 is 1.13 bits per heavy atom. The van der Waals surface area contributed by atoms with Gasteiger partial charge in [0.1, 0.15) is 5.82 Å². The number of hydrogen-bond acceptors (Lipinski definition) is 5. The lowest BCUT2D eigenvalue weighted by Crippen LogP contribution is -2.06. The van der Waals surface area contributed by atoms with Gasteiger partial charge in [0.05, 0.1) is 10.9 Å². The Hall–Kier alpha value is -2.37. The smallest absolute Gasteiger partial charge is 0.237 e. The van der Waals surface area contributed by atoms with Gasteiger partial charge in [-0.05, 0) is 12.1 Å². The van der Waals surface area contributed by atoms with Gasteiger partial charge >= 0.3 is 0 Å². The molecule has 6 heteroatoms. The minimum Gasteiger partial charge on any atom is -0.504 e. The van der Waals surface area contributed by atoms with Gasteiger partial charge in [-0.2, -0.15) is 0 Å². The van der Waals surface area contributed by atoms with Crippen LogP contribution in [0.4, 0.5) is 5.82 Å². The highest BCUT2D eigenvalue weighted by molar-refractivity contribution is 5.89. The first-order chi connectivity index (χ1) is 7.02. The molecule has 15 heavy (non-hydrogen) atoms. The number of phenols is 2. The van der Waals surface area contributed by atoms with E-state index in [-0.39, 0.29) is 16.7 Å². The number of nitrogens with two attached hydrogens (primary N) is 1. The Balaban J connectivity index is 3.08. The molecule has 0 saturated carbocycles. The number of aromatic hydroxyl groups is 3. The Morgan fingerprint density at radius 2 is 1.80 bits per heavy atom. The summed E-state index contributed by atoms with van der Waals surface area (Å²) in [5.74, 6) is -1.87. The molecule has 0 aliphatic rings. The predicted molar refractivity (Wildman–Crippen MR) is 54.0 cm³/mol. The average Bonchev–Trinajstić information content (AvgIpc) is 2.20. The maximum absolute atomic E-state index is 11.5. The van der Waals surface area contributed by atoms with Crippen LogP contribution in [0.3, 0.4) is 0 Å². The number of phenolic OH excluding ortho intramolecular Hbond substituents is 2. The van der Waals surface area contributed by atoms with Gasteiger partial charge in [-0.3, -0.25) is 4.79 Å². The lowest BCUT2D eigenvalue weighted by atomic mass is 10.1. The maximum Gasteiger partial charge on any atom is 0.237 e. The van der Waals surface area contributed by atoms with Crippen molar-refractivity contribution < 1.29 is 15.3 Å². The summed E-state index contributed by atoms with van der Waals surface area (Å²) in [5.41, 5.74) is 4.74. The topological polar surface area (TPSA) is 120 Å². The molecule has 6 N–H and O–H groups in total. The largest absolute Gasteiger partial charge is 0.504 e. The van der Waals surface area contributed by atoms with Crippen LogP contribution in [0.2, 0.25) is 0 Å². The van der Waals surface area contributed by atoms with Gasteiger partial charge in [0.25, 0.3) is 0 Å². The summed E-state index contributed by atoms with van der Waals surface area (Å²) in [6.07, 6.45) is 0. The van der Waals surface area contributed by atoms with Crippen molar-refractivity contribution in [3.8, 4) is 17.2 Å². The molecule has 0 aliphatic heterocycles. The van der Waals surface area contributed by atoms with E-state index in [1.54, 1.807) is 0 Å². The zero-order chi connectivity index (χ0) is 11.2. The maximum atomic E-state index is 11.5. The van der Waals surface area contributed by atoms with Crippen LogP contribution >= 0.6 is 0 Å². The summed E-state index contributed by atoms with van der Waals surface area (Å²) in [6, 6.07) is 2.59. The van der Waals surface area contributed by atoms with Crippen LogP contribution in [0.1, 0.15) is 0 Å². The lowest BCUT2D eigenvalue weighted by molar-refractivity contribution is 0.407. The molecular weight excluding hydrogens is 200 g/mol. The number of pyridine rings is 1. The van der Waals surface area contributed by atoms with Crippen LogP contribution in [-0.4, -0.2) is 20.3 Å². The monoisotopic (exact) mass is 208 g/mol. The number of rotatable bonds is 0. The van der Waals surface area contributed by atoms with E-state index in [0.717, 1.165) is 0 Å². The van der Waals surface area contributed by atoms with Crippen LogP contribution in [0.25, 0.3) is 10.9 Å². The van der Waals surface area contributed by atoms with Crippen molar-refractivity contribution in [3.05, 3.63) is 22.4 Å². The Bertz CT molecular complexity index is 603. The summed E-state index contributed by atoms with van der Waals surface area (Å²) >= 11 is 0. The van der Waals surface area contributed by atoms with Crippen LogP contribution in [0.15, 0.2) is 16.9 Å². The first-order valence-electron chi connectivity index (χ1n) is 4.07. The van der Waals surface area contributed by atoms with Crippen molar-refractivity contribution in [2.75, 3.05) is 5.73 Å². The summed E-state index contributed by atoms with van der Waals surface area (Å²) in [6.45, 7) is 0. The third kappa shape index (κ3) is 1.15. The lowest BCUT2D eigenvalue weighted by Gasteiger charge is -2.05. The molecule has 0 bridgehead atoms.